The van der Waals surface area contributed by atoms with Crippen molar-refractivity contribution in [2.24, 2.45) is 5.73 Å². The first kappa shape index (κ1) is 10.9. The molecule has 0 saturated heterocycles. The van der Waals surface area contributed by atoms with E-state index in [1.54, 1.807) is 0 Å². The van der Waals surface area contributed by atoms with Crippen molar-refractivity contribution in [3.63, 3.8) is 0 Å². The maximum Gasteiger partial charge on any atom is 0.254 e. The van der Waals surface area contributed by atoms with E-state index in [4.69, 9.17) is 5.73 Å². The van der Waals surface area contributed by atoms with Gasteiger partial charge in [0, 0.05) is 20.0 Å². The molecule has 15 heavy (non-hydrogen) atoms. The molecule has 1 aromatic rings. The van der Waals surface area contributed by atoms with Gasteiger partial charge in [-0.05, 0) is 0 Å². The summed E-state index contributed by atoms with van der Waals surface area (Å²) in [6.07, 6.45) is 1.18. The van der Waals surface area contributed by atoms with E-state index in [1.807, 2.05) is 0 Å². The van der Waals surface area contributed by atoms with Crippen molar-refractivity contribution in [3.05, 3.63) is 11.8 Å². The third kappa shape index (κ3) is 2.39. The molecule has 0 aromatic carbocycles. The van der Waals surface area contributed by atoms with E-state index in [0.29, 0.717) is 0 Å². The molecular weight excluding hydrogens is 200 g/mol. The molecule has 0 saturated carbocycles. The van der Waals surface area contributed by atoms with E-state index in [0.717, 1.165) is 4.68 Å². The highest BCUT2D eigenvalue weighted by molar-refractivity contribution is 6.01. The summed E-state index contributed by atoms with van der Waals surface area (Å²) in [6, 6.07) is 0. The summed E-state index contributed by atoms with van der Waals surface area (Å²) in [5.41, 5.74) is 5.05. The van der Waals surface area contributed by atoms with E-state index in [2.05, 4.69) is 10.4 Å². The molecule has 7 nitrogen and oxygen atoms in total. The fraction of sp³-hybridized carbons (Fsp3) is 0.250. The van der Waals surface area contributed by atoms with Crippen molar-refractivity contribution in [1.29, 1.82) is 0 Å². The average Bonchev–Trinajstić information content (AvgIpc) is 2.46. The largest absolute Gasteiger partial charge is 0.365 e. The molecular formula is C8H10N4O3. The van der Waals surface area contributed by atoms with Crippen molar-refractivity contribution in [1.82, 2.24) is 9.78 Å². The minimum Gasteiger partial charge on any atom is -0.365 e. The number of rotatable bonds is 2. The fourth-order valence-corrected chi connectivity index (χ4v) is 0.975. The van der Waals surface area contributed by atoms with Crippen molar-refractivity contribution >= 4 is 23.5 Å². The zero-order valence-electron chi connectivity index (χ0n) is 8.27. The van der Waals surface area contributed by atoms with Crippen LogP contribution in [0.5, 0.6) is 0 Å². The summed E-state index contributed by atoms with van der Waals surface area (Å²) in [7, 11) is 0. The number of primary amides is 1. The van der Waals surface area contributed by atoms with Crippen LogP contribution in [0.2, 0.25) is 0 Å². The molecule has 3 N–H and O–H groups in total. The fourth-order valence-electron chi connectivity index (χ4n) is 0.975. The lowest BCUT2D eigenvalue weighted by atomic mass is 10.3. The Balaban J connectivity index is 3.17. The first-order chi connectivity index (χ1) is 6.91. The van der Waals surface area contributed by atoms with Crippen LogP contribution in [0.4, 0.5) is 5.82 Å². The minimum atomic E-state index is -0.758. The number of nitrogens with one attached hydrogen (secondary N) is 1. The number of amides is 2. The lowest BCUT2D eigenvalue weighted by molar-refractivity contribution is -0.114. The summed E-state index contributed by atoms with van der Waals surface area (Å²) >= 11 is 0. The van der Waals surface area contributed by atoms with E-state index >= 15 is 0 Å². The van der Waals surface area contributed by atoms with E-state index in [9.17, 15) is 14.4 Å². The second kappa shape index (κ2) is 3.91. The third-order valence-corrected chi connectivity index (χ3v) is 1.60. The SMILES string of the molecule is CC(=O)Nc1nn(C(C)=O)cc1C(N)=O. The van der Waals surface area contributed by atoms with Crippen molar-refractivity contribution < 1.29 is 14.4 Å². The Morgan fingerprint density at radius 2 is 2.00 bits per heavy atom. The molecule has 80 valence electrons. The normalized spacial score (nSPS) is 9.73. The molecule has 0 radical (unpaired) electrons. The monoisotopic (exact) mass is 210 g/mol. The molecule has 2 amide bonds. The number of carbonyl (C=O) groups excluding carboxylic acids is 3. The Bertz CT molecular complexity index is 435. The molecule has 0 aliphatic rings. The van der Waals surface area contributed by atoms with E-state index < -0.39 is 11.8 Å². The van der Waals surface area contributed by atoms with Gasteiger partial charge in [0.25, 0.3) is 5.91 Å². The Hall–Kier alpha value is -2.18. The van der Waals surface area contributed by atoms with Gasteiger partial charge in [-0.2, -0.15) is 0 Å². The number of nitrogens with zero attached hydrogens (tertiary/aromatic N) is 2. The first-order valence-electron chi connectivity index (χ1n) is 4.10. The maximum absolute atomic E-state index is 11.0. The number of aromatic nitrogens is 2. The van der Waals surface area contributed by atoms with E-state index in [1.165, 1.54) is 20.0 Å². The van der Waals surface area contributed by atoms with E-state index in [-0.39, 0.29) is 17.3 Å². The Morgan fingerprint density at radius 1 is 1.40 bits per heavy atom. The predicted octanol–water partition coefficient (Wildman–Crippen LogP) is -0.400. The Labute approximate surface area is 85.2 Å². The number of anilines is 1. The van der Waals surface area contributed by atoms with Gasteiger partial charge in [-0.1, -0.05) is 0 Å². The average molecular weight is 210 g/mol. The van der Waals surface area contributed by atoms with Crippen LogP contribution in [-0.2, 0) is 4.79 Å². The highest BCUT2D eigenvalue weighted by Crippen LogP contribution is 2.11. The number of hydrogen-bond donors (Lipinski definition) is 2. The highest BCUT2D eigenvalue weighted by Gasteiger charge is 2.16. The second-order valence-corrected chi connectivity index (χ2v) is 2.90. The molecule has 0 fully saturated rings. The first-order valence-corrected chi connectivity index (χ1v) is 4.10. The topological polar surface area (TPSA) is 107 Å². The molecule has 0 spiro atoms. The van der Waals surface area contributed by atoms with Crippen molar-refractivity contribution in [2.45, 2.75) is 13.8 Å². The summed E-state index contributed by atoms with van der Waals surface area (Å²) < 4.78 is 0.936. The van der Waals surface area contributed by atoms with Gasteiger partial charge in [0.1, 0.15) is 5.56 Å². The number of carbonyl (C=O) groups is 3. The van der Waals surface area contributed by atoms with Gasteiger partial charge in [0.2, 0.25) is 11.8 Å². The molecule has 1 aromatic heterocycles. The van der Waals surface area contributed by atoms with Gasteiger partial charge >= 0.3 is 0 Å². The maximum atomic E-state index is 11.0. The second-order valence-electron chi connectivity index (χ2n) is 2.90. The van der Waals surface area contributed by atoms with Crippen LogP contribution in [-0.4, -0.2) is 27.5 Å². The van der Waals surface area contributed by atoms with Crippen LogP contribution in [0.3, 0.4) is 0 Å². The standard InChI is InChI=1S/C8H10N4O3/c1-4(13)10-8-6(7(9)15)3-12(11-8)5(2)14/h3H,1-2H3,(H2,9,15)(H,10,11,13). The van der Waals surface area contributed by atoms with Gasteiger partial charge in [0.15, 0.2) is 5.82 Å². The molecule has 0 atom stereocenters. The lowest BCUT2D eigenvalue weighted by Gasteiger charge is -1.97. The zero-order chi connectivity index (χ0) is 11.6. The van der Waals surface area contributed by atoms with Crippen LogP contribution < -0.4 is 11.1 Å². The quantitative estimate of drug-likeness (QED) is 0.692. The van der Waals surface area contributed by atoms with Crippen LogP contribution in [0.15, 0.2) is 6.20 Å². The van der Waals surface area contributed by atoms with Crippen molar-refractivity contribution in [3.8, 4) is 0 Å². The summed E-state index contributed by atoms with van der Waals surface area (Å²) in [5, 5.41) is 6.01. The smallest absolute Gasteiger partial charge is 0.254 e. The number of hydrogen-bond acceptors (Lipinski definition) is 4. The molecule has 0 unspecified atom stereocenters. The minimum absolute atomic E-state index is 0.000370. The molecule has 1 rings (SSSR count). The molecule has 7 heteroatoms. The van der Waals surface area contributed by atoms with Crippen LogP contribution in [0.25, 0.3) is 0 Å². The van der Waals surface area contributed by atoms with Gasteiger partial charge < -0.3 is 11.1 Å². The van der Waals surface area contributed by atoms with Gasteiger partial charge in [-0.15, -0.1) is 5.10 Å². The van der Waals surface area contributed by atoms with Gasteiger partial charge in [-0.3, -0.25) is 14.4 Å². The number of nitrogens with two attached hydrogens (primary N) is 1. The van der Waals surface area contributed by atoms with Crippen LogP contribution in [0.1, 0.15) is 29.0 Å². The molecule has 0 aliphatic heterocycles. The lowest BCUT2D eigenvalue weighted by Crippen LogP contribution is -2.15. The zero-order valence-corrected chi connectivity index (χ0v) is 8.27. The van der Waals surface area contributed by atoms with Crippen LogP contribution >= 0.6 is 0 Å². The summed E-state index contributed by atoms with van der Waals surface area (Å²) in [5.74, 6) is -1.54. The molecule has 0 aliphatic carbocycles. The van der Waals surface area contributed by atoms with Crippen LogP contribution in [0, 0.1) is 0 Å². The summed E-state index contributed by atoms with van der Waals surface area (Å²) in [6.45, 7) is 2.53. The molecule has 0 bridgehead atoms. The van der Waals surface area contributed by atoms with Crippen molar-refractivity contribution in [2.75, 3.05) is 5.32 Å². The highest BCUT2D eigenvalue weighted by atomic mass is 16.2. The summed E-state index contributed by atoms with van der Waals surface area (Å²) in [4.78, 5) is 32.7. The molecule has 1 heterocycles. The predicted molar refractivity (Wildman–Crippen MR) is 51.3 cm³/mol. The Kier molecular flexibility index (Phi) is 2.84. The van der Waals surface area contributed by atoms with Gasteiger partial charge in [-0.25, -0.2) is 4.68 Å². The Morgan fingerprint density at radius 3 is 2.40 bits per heavy atom. The van der Waals surface area contributed by atoms with Gasteiger partial charge in [0.05, 0.1) is 0 Å². The third-order valence-electron chi connectivity index (χ3n) is 1.60.